The van der Waals surface area contributed by atoms with Crippen LogP contribution in [0.1, 0.15) is 59.8 Å². The molecular formula is C20H32O3. The van der Waals surface area contributed by atoms with Crippen LogP contribution in [0.2, 0.25) is 0 Å². The van der Waals surface area contributed by atoms with E-state index in [9.17, 15) is 10.2 Å². The summed E-state index contributed by atoms with van der Waals surface area (Å²) >= 11 is 0. The minimum Gasteiger partial charge on any atom is -0.390 e. The maximum atomic E-state index is 10.9. The van der Waals surface area contributed by atoms with Gasteiger partial charge in [0.25, 0.3) is 0 Å². The van der Waals surface area contributed by atoms with Crippen molar-refractivity contribution in [3.8, 4) is 0 Å². The lowest BCUT2D eigenvalue weighted by Crippen LogP contribution is -2.32. The molecule has 2 fully saturated rings. The molecule has 0 radical (unpaired) electrons. The average Bonchev–Trinajstić information content (AvgIpc) is 2.96. The summed E-state index contributed by atoms with van der Waals surface area (Å²) in [5.74, 6) is 0.635. The first-order valence-corrected chi connectivity index (χ1v) is 9.11. The number of ether oxygens (including phenoxy) is 1. The standard InChI is InChI=1S/C20H32O3/c1-12(2)15-10-16-14(8-9-19(16,4)22)13(3)6-7-18-20(5,23-18)11-17(15)21/h10,12,14,16-18,21-22H,3,6-9,11H2,1-2,4-5H3/b15-10-/t14-,16-,17-,18-,19-,20+/m0/s1. The number of epoxide rings is 1. The lowest BCUT2D eigenvalue weighted by Gasteiger charge is -2.30. The van der Waals surface area contributed by atoms with Crippen molar-refractivity contribution >= 4 is 0 Å². The van der Waals surface area contributed by atoms with Gasteiger partial charge >= 0.3 is 0 Å². The predicted molar refractivity (Wildman–Crippen MR) is 92.0 cm³/mol. The molecule has 2 N–H and O–H groups in total. The van der Waals surface area contributed by atoms with E-state index >= 15 is 0 Å². The van der Waals surface area contributed by atoms with Crippen LogP contribution < -0.4 is 0 Å². The van der Waals surface area contributed by atoms with Crippen molar-refractivity contribution in [1.82, 2.24) is 0 Å². The van der Waals surface area contributed by atoms with Crippen molar-refractivity contribution in [2.75, 3.05) is 0 Å². The molecule has 130 valence electrons. The molecule has 1 saturated carbocycles. The van der Waals surface area contributed by atoms with Crippen LogP contribution in [-0.2, 0) is 4.74 Å². The largest absolute Gasteiger partial charge is 0.390 e. The third-order valence-electron chi connectivity index (χ3n) is 6.42. The Balaban J connectivity index is 1.98. The molecule has 23 heavy (non-hydrogen) atoms. The van der Waals surface area contributed by atoms with Crippen LogP contribution in [0.4, 0.5) is 0 Å². The fraction of sp³-hybridized carbons (Fsp3) is 0.800. The molecular weight excluding hydrogens is 288 g/mol. The Morgan fingerprint density at radius 3 is 2.65 bits per heavy atom. The zero-order chi connectivity index (χ0) is 17.0. The van der Waals surface area contributed by atoms with Crippen molar-refractivity contribution in [2.45, 2.75) is 83.2 Å². The van der Waals surface area contributed by atoms with E-state index in [-0.39, 0.29) is 23.5 Å². The molecule has 0 aromatic rings. The summed E-state index contributed by atoms with van der Waals surface area (Å²) in [5, 5.41) is 21.7. The van der Waals surface area contributed by atoms with Gasteiger partial charge in [0, 0.05) is 12.3 Å². The minimum atomic E-state index is -0.704. The van der Waals surface area contributed by atoms with Gasteiger partial charge in [-0.25, -0.2) is 0 Å². The molecule has 3 aliphatic rings. The number of hydrogen-bond donors (Lipinski definition) is 2. The molecule has 0 amide bonds. The summed E-state index contributed by atoms with van der Waals surface area (Å²) in [6.07, 6.45) is 6.28. The van der Waals surface area contributed by atoms with Gasteiger partial charge in [-0.2, -0.15) is 0 Å². The highest BCUT2D eigenvalue weighted by molar-refractivity contribution is 5.24. The highest BCUT2D eigenvalue weighted by atomic mass is 16.6. The third-order valence-corrected chi connectivity index (χ3v) is 6.42. The van der Waals surface area contributed by atoms with Crippen molar-refractivity contribution in [2.24, 2.45) is 17.8 Å². The summed E-state index contributed by atoms with van der Waals surface area (Å²) in [5.41, 5.74) is 1.38. The fourth-order valence-electron chi connectivity index (χ4n) is 4.72. The van der Waals surface area contributed by atoms with Gasteiger partial charge in [-0.05, 0) is 56.9 Å². The van der Waals surface area contributed by atoms with Crippen molar-refractivity contribution < 1.29 is 14.9 Å². The lowest BCUT2D eigenvalue weighted by atomic mass is 9.79. The van der Waals surface area contributed by atoms with Crippen molar-refractivity contribution in [3.05, 3.63) is 23.8 Å². The second kappa shape index (κ2) is 5.72. The first kappa shape index (κ1) is 17.2. The number of allylic oxidation sites excluding steroid dienone is 1. The molecule has 0 aromatic carbocycles. The molecule has 1 saturated heterocycles. The predicted octanol–water partition coefficient (Wildman–Crippen LogP) is 3.60. The van der Waals surface area contributed by atoms with Gasteiger partial charge in [0.15, 0.2) is 0 Å². The molecule has 6 atom stereocenters. The zero-order valence-electron chi connectivity index (χ0n) is 15.0. The Morgan fingerprint density at radius 2 is 2.00 bits per heavy atom. The Hall–Kier alpha value is -0.640. The van der Waals surface area contributed by atoms with Gasteiger partial charge in [-0.3, -0.25) is 0 Å². The van der Waals surface area contributed by atoms with Gasteiger partial charge in [-0.15, -0.1) is 0 Å². The molecule has 2 aliphatic carbocycles. The van der Waals surface area contributed by atoms with Gasteiger partial charge in [0.05, 0.1) is 23.4 Å². The van der Waals surface area contributed by atoms with Gasteiger partial charge in [-0.1, -0.05) is 32.1 Å². The van der Waals surface area contributed by atoms with E-state index in [1.54, 1.807) is 0 Å². The Labute approximate surface area is 140 Å². The van der Waals surface area contributed by atoms with Gasteiger partial charge in [0.2, 0.25) is 0 Å². The Kier molecular flexibility index (Phi) is 4.27. The van der Waals surface area contributed by atoms with E-state index in [1.165, 1.54) is 5.57 Å². The number of rotatable bonds is 1. The molecule has 0 spiro atoms. The van der Waals surface area contributed by atoms with E-state index in [4.69, 9.17) is 4.74 Å². The maximum absolute atomic E-state index is 10.9. The van der Waals surface area contributed by atoms with Crippen LogP contribution in [0.15, 0.2) is 23.8 Å². The number of aliphatic hydroxyl groups is 2. The SMILES string of the molecule is C=C1CC[C@@H]2O[C@]2(C)C[C@H](O)/C(C(C)C)=C\[C@H]2[C@H]1CC[C@]2(C)O. The molecule has 1 heterocycles. The third kappa shape index (κ3) is 3.16. The smallest absolute Gasteiger partial charge is 0.0948 e. The second-order valence-corrected chi connectivity index (χ2v) is 8.69. The molecule has 3 nitrogen and oxygen atoms in total. The monoisotopic (exact) mass is 320 g/mol. The Morgan fingerprint density at radius 1 is 1.30 bits per heavy atom. The van der Waals surface area contributed by atoms with Gasteiger partial charge in [0.1, 0.15) is 0 Å². The summed E-state index contributed by atoms with van der Waals surface area (Å²) < 4.78 is 5.90. The summed E-state index contributed by atoms with van der Waals surface area (Å²) in [6, 6.07) is 0. The highest BCUT2D eigenvalue weighted by Gasteiger charge is 2.54. The zero-order valence-corrected chi connectivity index (χ0v) is 15.0. The molecule has 3 rings (SSSR count). The molecule has 0 unspecified atom stereocenters. The average molecular weight is 320 g/mol. The number of aliphatic hydroxyl groups excluding tert-OH is 1. The topological polar surface area (TPSA) is 53.0 Å². The second-order valence-electron chi connectivity index (χ2n) is 8.69. The minimum absolute atomic E-state index is 0.0604. The molecule has 0 aromatic heterocycles. The van der Waals surface area contributed by atoms with E-state index in [1.807, 2.05) is 6.92 Å². The molecule has 3 heteroatoms. The van der Waals surface area contributed by atoms with Crippen LogP contribution >= 0.6 is 0 Å². The fourth-order valence-corrected chi connectivity index (χ4v) is 4.72. The van der Waals surface area contributed by atoms with E-state index < -0.39 is 11.7 Å². The molecule has 1 aliphatic heterocycles. The summed E-state index contributed by atoms with van der Waals surface area (Å²) in [6.45, 7) is 12.6. The highest BCUT2D eigenvalue weighted by Crippen LogP contribution is 2.50. The lowest BCUT2D eigenvalue weighted by molar-refractivity contribution is 0.0317. The van der Waals surface area contributed by atoms with Crippen molar-refractivity contribution in [3.63, 3.8) is 0 Å². The number of fused-ring (bicyclic) bond motifs is 2. The first-order valence-electron chi connectivity index (χ1n) is 9.11. The quantitative estimate of drug-likeness (QED) is 0.573. The van der Waals surface area contributed by atoms with Crippen molar-refractivity contribution in [1.29, 1.82) is 0 Å². The Bertz CT molecular complexity index is 519. The van der Waals surface area contributed by atoms with Gasteiger partial charge < -0.3 is 14.9 Å². The first-order chi connectivity index (χ1) is 10.6. The van der Waals surface area contributed by atoms with Crippen LogP contribution in [-0.4, -0.2) is 33.6 Å². The van der Waals surface area contributed by atoms with E-state index in [2.05, 4.69) is 33.4 Å². The van der Waals surface area contributed by atoms with Crippen LogP contribution in [0, 0.1) is 17.8 Å². The summed E-state index contributed by atoms with van der Waals surface area (Å²) in [4.78, 5) is 0. The van der Waals surface area contributed by atoms with Crippen LogP contribution in [0.25, 0.3) is 0 Å². The van der Waals surface area contributed by atoms with E-state index in [0.29, 0.717) is 12.3 Å². The number of hydrogen-bond acceptors (Lipinski definition) is 3. The normalized spacial score (nSPS) is 49.9. The molecule has 0 bridgehead atoms. The van der Waals surface area contributed by atoms with E-state index in [0.717, 1.165) is 31.3 Å². The van der Waals surface area contributed by atoms with Crippen LogP contribution in [0.5, 0.6) is 0 Å². The maximum Gasteiger partial charge on any atom is 0.0948 e. The van der Waals surface area contributed by atoms with Crippen LogP contribution in [0.3, 0.4) is 0 Å². The summed E-state index contributed by atoms with van der Waals surface area (Å²) in [7, 11) is 0.